The Kier molecular flexibility index (Phi) is 5.91. The van der Waals surface area contributed by atoms with E-state index >= 15 is 0 Å². The van der Waals surface area contributed by atoms with Crippen LogP contribution in [0.15, 0.2) is 36.4 Å². The monoisotopic (exact) mass is 322 g/mol. The highest BCUT2D eigenvalue weighted by Crippen LogP contribution is 2.39. The minimum atomic E-state index is 0.538. The average Bonchev–Trinajstić information content (AvgIpc) is 2.53. The van der Waals surface area contributed by atoms with Gasteiger partial charge in [-0.1, -0.05) is 91.8 Å². The molecule has 130 valence electrons. The molecular formula is C24H34. The van der Waals surface area contributed by atoms with Gasteiger partial charge in [0.25, 0.3) is 0 Å². The van der Waals surface area contributed by atoms with Gasteiger partial charge in [0.2, 0.25) is 0 Å². The van der Waals surface area contributed by atoms with E-state index in [4.69, 9.17) is 0 Å². The van der Waals surface area contributed by atoms with Gasteiger partial charge >= 0.3 is 0 Å². The van der Waals surface area contributed by atoms with Gasteiger partial charge in [0, 0.05) is 0 Å². The highest BCUT2D eigenvalue weighted by molar-refractivity contribution is 5.71. The van der Waals surface area contributed by atoms with E-state index in [0.717, 1.165) is 0 Å². The van der Waals surface area contributed by atoms with Crippen molar-refractivity contribution in [3.05, 3.63) is 58.7 Å². The van der Waals surface area contributed by atoms with Gasteiger partial charge in [0.1, 0.15) is 0 Å². The largest absolute Gasteiger partial charge is 0.0619 e. The second kappa shape index (κ2) is 7.55. The maximum absolute atomic E-state index is 2.45. The minimum Gasteiger partial charge on any atom is -0.0619 e. The molecule has 0 heterocycles. The van der Waals surface area contributed by atoms with Crippen molar-refractivity contribution in [3.63, 3.8) is 0 Å². The van der Waals surface area contributed by atoms with E-state index < -0.39 is 0 Å². The maximum atomic E-state index is 2.45. The van der Waals surface area contributed by atoms with Crippen LogP contribution in [0.1, 0.15) is 101 Å². The van der Waals surface area contributed by atoms with Gasteiger partial charge in [-0.15, -0.1) is 0 Å². The van der Waals surface area contributed by atoms with Crippen LogP contribution in [0.25, 0.3) is 11.1 Å². The zero-order chi connectivity index (χ0) is 18.0. The molecule has 0 aliphatic carbocycles. The van der Waals surface area contributed by atoms with Crippen LogP contribution in [0.5, 0.6) is 0 Å². The molecule has 0 aliphatic rings. The lowest BCUT2D eigenvalue weighted by molar-refractivity contribution is 0.749. The summed E-state index contributed by atoms with van der Waals surface area (Å²) >= 11 is 0. The lowest BCUT2D eigenvalue weighted by atomic mass is 9.80. The normalized spacial score (nSPS) is 12.0. The Morgan fingerprint density at radius 3 is 1.42 bits per heavy atom. The number of hydrogen-bond acceptors (Lipinski definition) is 0. The Morgan fingerprint density at radius 2 is 1.00 bits per heavy atom. The van der Waals surface area contributed by atoms with Gasteiger partial charge in [0.05, 0.1) is 0 Å². The quantitative estimate of drug-likeness (QED) is 0.525. The molecule has 0 fully saturated rings. The van der Waals surface area contributed by atoms with E-state index in [0.29, 0.717) is 23.7 Å². The summed E-state index contributed by atoms with van der Waals surface area (Å²) in [7, 11) is 0. The van der Waals surface area contributed by atoms with Gasteiger partial charge in [-0.2, -0.15) is 0 Å². The van der Waals surface area contributed by atoms with Gasteiger partial charge < -0.3 is 0 Å². The molecule has 0 amide bonds. The van der Waals surface area contributed by atoms with Crippen molar-refractivity contribution >= 4 is 0 Å². The third kappa shape index (κ3) is 3.74. The second-order valence-electron chi connectivity index (χ2n) is 8.27. The first-order valence-electron chi connectivity index (χ1n) is 9.51. The fraction of sp³-hybridized carbons (Fsp3) is 0.500. The van der Waals surface area contributed by atoms with Crippen LogP contribution in [0, 0.1) is 0 Å². The fourth-order valence-electron chi connectivity index (χ4n) is 3.74. The third-order valence-electron chi connectivity index (χ3n) is 4.96. The molecule has 0 unspecified atom stereocenters. The SMILES string of the molecule is CC(C)c1ccccc1-c1cc(C(C)C)c(C(C)C)c(C(C)C)c1. The van der Waals surface area contributed by atoms with Crippen molar-refractivity contribution in [2.24, 2.45) is 0 Å². The summed E-state index contributed by atoms with van der Waals surface area (Å²) in [5.41, 5.74) is 8.82. The van der Waals surface area contributed by atoms with Crippen molar-refractivity contribution in [2.75, 3.05) is 0 Å². The lowest BCUT2D eigenvalue weighted by Crippen LogP contribution is -2.06. The van der Waals surface area contributed by atoms with Crippen LogP contribution in [0.4, 0.5) is 0 Å². The van der Waals surface area contributed by atoms with E-state index in [9.17, 15) is 0 Å². The topological polar surface area (TPSA) is 0 Å². The summed E-state index contributed by atoms with van der Waals surface area (Å²) in [5, 5.41) is 0. The Morgan fingerprint density at radius 1 is 0.542 bits per heavy atom. The van der Waals surface area contributed by atoms with Gasteiger partial charge in [-0.3, -0.25) is 0 Å². The minimum absolute atomic E-state index is 0.538. The summed E-state index contributed by atoms with van der Waals surface area (Å²) in [5.74, 6) is 2.20. The molecule has 0 nitrogen and oxygen atoms in total. The molecule has 0 bridgehead atoms. The zero-order valence-corrected chi connectivity index (χ0v) is 16.8. The van der Waals surface area contributed by atoms with Crippen LogP contribution in [-0.2, 0) is 0 Å². The molecule has 0 aromatic heterocycles. The average molecular weight is 323 g/mol. The van der Waals surface area contributed by atoms with E-state index in [1.165, 1.54) is 27.8 Å². The molecule has 0 aliphatic heterocycles. The highest BCUT2D eigenvalue weighted by atomic mass is 14.2. The zero-order valence-electron chi connectivity index (χ0n) is 16.8. The molecule has 0 heteroatoms. The molecular weight excluding hydrogens is 288 g/mol. The van der Waals surface area contributed by atoms with Crippen LogP contribution in [0.2, 0.25) is 0 Å². The molecule has 0 N–H and O–H groups in total. The molecule has 0 atom stereocenters. The first-order valence-corrected chi connectivity index (χ1v) is 9.51. The van der Waals surface area contributed by atoms with Crippen LogP contribution >= 0.6 is 0 Å². The van der Waals surface area contributed by atoms with Crippen molar-refractivity contribution in [1.82, 2.24) is 0 Å². The summed E-state index contributed by atoms with van der Waals surface area (Å²) in [6, 6.07) is 13.8. The van der Waals surface area contributed by atoms with Crippen LogP contribution < -0.4 is 0 Å². The Labute approximate surface area is 149 Å². The standard InChI is InChI=1S/C24H34/c1-15(2)20-11-9-10-12-21(20)19-13-22(16(3)4)24(18(7)8)23(14-19)17(5)6/h9-18H,1-8H3. The molecule has 2 aromatic rings. The molecule has 2 rings (SSSR count). The number of hydrogen-bond donors (Lipinski definition) is 0. The van der Waals surface area contributed by atoms with Crippen molar-refractivity contribution < 1.29 is 0 Å². The van der Waals surface area contributed by atoms with E-state index in [1.54, 1.807) is 5.56 Å². The number of rotatable bonds is 5. The summed E-state index contributed by atoms with van der Waals surface area (Å²) in [6.45, 7) is 18.5. The van der Waals surface area contributed by atoms with E-state index in [2.05, 4.69) is 91.8 Å². The molecule has 2 aromatic carbocycles. The van der Waals surface area contributed by atoms with Gasteiger partial charge in [-0.05, 0) is 57.1 Å². The molecule has 24 heavy (non-hydrogen) atoms. The summed E-state index contributed by atoms with van der Waals surface area (Å²) < 4.78 is 0. The van der Waals surface area contributed by atoms with Crippen molar-refractivity contribution in [2.45, 2.75) is 79.1 Å². The van der Waals surface area contributed by atoms with Crippen molar-refractivity contribution in [1.29, 1.82) is 0 Å². The maximum Gasteiger partial charge on any atom is -0.0149 e. The predicted molar refractivity (Wildman–Crippen MR) is 108 cm³/mol. The Bertz CT molecular complexity index is 658. The summed E-state index contributed by atoms with van der Waals surface area (Å²) in [4.78, 5) is 0. The van der Waals surface area contributed by atoms with Crippen LogP contribution in [-0.4, -0.2) is 0 Å². The van der Waals surface area contributed by atoms with E-state index in [-0.39, 0.29) is 0 Å². The smallest absolute Gasteiger partial charge is 0.0149 e. The first kappa shape index (κ1) is 18.8. The van der Waals surface area contributed by atoms with Crippen LogP contribution in [0.3, 0.4) is 0 Å². The van der Waals surface area contributed by atoms with Gasteiger partial charge in [0.15, 0.2) is 0 Å². The molecule has 0 radical (unpaired) electrons. The Hall–Kier alpha value is -1.56. The lowest BCUT2D eigenvalue weighted by Gasteiger charge is -2.25. The number of benzene rings is 2. The second-order valence-corrected chi connectivity index (χ2v) is 8.27. The van der Waals surface area contributed by atoms with Crippen molar-refractivity contribution in [3.8, 4) is 11.1 Å². The van der Waals surface area contributed by atoms with Gasteiger partial charge in [-0.25, -0.2) is 0 Å². The molecule has 0 saturated carbocycles. The Balaban J connectivity index is 2.78. The first-order chi connectivity index (χ1) is 11.2. The third-order valence-corrected chi connectivity index (χ3v) is 4.96. The van der Waals surface area contributed by atoms with E-state index in [1.807, 2.05) is 0 Å². The molecule has 0 saturated heterocycles. The summed E-state index contributed by atoms with van der Waals surface area (Å²) in [6.07, 6.45) is 0. The highest BCUT2D eigenvalue weighted by Gasteiger charge is 2.19. The predicted octanol–water partition coefficient (Wildman–Crippen LogP) is 7.85. The fourth-order valence-corrected chi connectivity index (χ4v) is 3.74. The molecule has 0 spiro atoms.